The minimum atomic E-state index is -0.599. The molecule has 0 spiro atoms. The Balaban J connectivity index is 2.10. The Morgan fingerprint density at radius 1 is 1.11 bits per heavy atom. The van der Waals surface area contributed by atoms with Crippen molar-refractivity contribution < 1.29 is 9.50 Å². The Bertz CT molecular complexity index is 108. The highest BCUT2D eigenvalue weighted by atomic mass is 19.1. The molecule has 1 nitrogen and oxygen atoms in total. The first-order valence-corrected chi connectivity index (χ1v) is 3.59. The molecule has 0 saturated heterocycles. The first-order chi connectivity index (χ1) is 4.27. The zero-order chi connectivity index (χ0) is 6.43. The van der Waals surface area contributed by atoms with Gasteiger partial charge in [0, 0.05) is 0 Å². The molecule has 4 unspecified atom stereocenters. The van der Waals surface area contributed by atoms with E-state index in [2.05, 4.69) is 0 Å². The van der Waals surface area contributed by atoms with Crippen molar-refractivity contribution in [3.05, 3.63) is 0 Å². The van der Waals surface area contributed by atoms with Gasteiger partial charge in [0.2, 0.25) is 0 Å². The number of aliphatic hydroxyl groups is 1. The average Bonchev–Trinajstić information content (AvgIpc) is 2.24. The van der Waals surface area contributed by atoms with E-state index in [1.165, 1.54) is 0 Å². The van der Waals surface area contributed by atoms with E-state index in [1.54, 1.807) is 0 Å². The molecule has 2 aliphatic rings. The van der Waals surface area contributed by atoms with Gasteiger partial charge < -0.3 is 5.11 Å². The highest BCUT2D eigenvalue weighted by Gasteiger charge is 2.45. The van der Waals surface area contributed by atoms with Crippen LogP contribution in [0, 0.1) is 11.8 Å². The van der Waals surface area contributed by atoms with Crippen molar-refractivity contribution in [3.8, 4) is 0 Å². The summed E-state index contributed by atoms with van der Waals surface area (Å²) in [6.45, 7) is 0. The van der Waals surface area contributed by atoms with E-state index in [0.29, 0.717) is 18.8 Å². The lowest BCUT2D eigenvalue weighted by Gasteiger charge is -2.18. The molecule has 2 rings (SSSR count). The van der Waals surface area contributed by atoms with Crippen LogP contribution in [0.3, 0.4) is 0 Å². The molecule has 0 amide bonds. The SMILES string of the molecule is OC1CC2CC1CC2F. The van der Waals surface area contributed by atoms with Crippen LogP contribution in [0.2, 0.25) is 0 Å². The summed E-state index contributed by atoms with van der Waals surface area (Å²) in [6.07, 6.45) is 1.49. The van der Waals surface area contributed by atoms with Crippen molar-refractivity contribution in [2.75, 3.05) is 0 Å². The summed E-state index contributed by atoms with van der Waals surface area (Å²) in [4.78, 5) is 0. The molecule has 1 N–H and O–H groups in total. The molecule has 0 aliphatic heterocycles. The van der Waals surface area contributed by atoms with Gasteiger partial charge in [-0.25, -0.2) is 4.39 Å². The van der Waals surface area contributed by atoms with Gasteiger partial charge in [-0.2, -0.15) is 0 Å². The van der Waals surface area contributed by atoms with Crippen molar-refractivity contribution in [2.45, 2.75) is 31.5 Å². The minimum absolute atomic E-state index is 0.179. The topological polar surface area (TPSA) is 20.2 Å². The van der Waals surface area contributed by atoms with Crippen LogP contribution in [0.15, 0.2) is 0 Å². The van der Waals surface area contributed by atoms with Crippen LogP contribution in [0.5, 0.6) is 0 Å². The van der Waals surface area contributed by atoms with Gasteiger partial charge in [0.1, 0.15) is 6.17 Å². The summed E-state index contributed by atoms with van der Waals surface area (Å²) in [5.74, 6) is 0.495. The molecule has 2 bridgehead atoms. The number of halogens is 1. The van der Waals surface area contributed by atoms with E-state index in [1.807, 2.05) is 0 Å². The van der Waals surface area contributed by atoms with Crippen LogP contribution in [-0.2, 0) is 0 Å². The molecule has 2 fully saturated rings. The van der Waals surface area contributed by atoms with Crippen LogP contribution >= 0.6 is 0 Å². The number of fused-ring (bicyclic) bond motifs is 2. The number of hydrogen-bond donors (Lipinski definition) is 1. The fraction of sp³-hybridized carbons (Fsp3) is 1.00. The second-order valence-corrected chi connectivity index (χ2v) is 3.31. The van der Waals surface area contributed by atoms with Crippen LogP contribution in [0.25, 0.3) is 0 Å². The maximum absolute atomic E-state index is 12.7. The second kappa shape index (κ2) is 1.69. The zero-order valence-corrected chi connectivity index (χ0v) is 5.26. The Morgan fingerprint density at radius 2 is 1.89 bits per heavy atom. The smallest absolute Gasteiger partial charge is 0.103 e. The molecule has 4 atom stereocenters. The second-order valence-electron chi connectivity index (χ2n) is 3.31. The van der Waals surface area contributed by atoms with Crippen LogP contribution in [0.4, 0.5) is 4.39 Å². The largest absolute Gasteiger partial charge is 0.393 e. The monoisotopic (exact) mass is 130 g/mol. The third-order valence-electron chi connectivity index (χ3n) is 2.73. The van der Waals surface area contributed by atoms with Crippen molar-refractivity contribution in [1.29, 1.82) is 0 Å². The first kappa shape index (κ1) is 5.66. The van der Waals surface area contributed by atoms with E-state index < -0.39 is 6.17 Å². The van der Waals surface area contributed by atoms with Crippen LogP contribution in [-0.4, -0.2) is 17.4 Å². The Kier molecular flexibility index (Phi) is 1.06. The van der Waals surface area contributed by atoms with Crippen LogP contribution in [0.1, 0.15) is 19.3 Å². The molecule has 9 heavy (non-hydrogen) atoms. The van der Waals surface area contributed by atoms with Gasteiger partial charge in [-0.05, 0) is 31.1 Å². The van der Waals surface area contributed by atoms with E-state index in [-0.39, 0.29) is 12.0 Å². The standard InChI is InChI=1S/C7H11FO/c8-6-2-5-1-4(6)3-7(5)9/h4-7,9H,1-3H2. The van der Waals surface area contributed by atoms with E-state index in [0.717, 1.165) is 6.42 Å². The van der Waals surface area contributed by atoms with Crippen molar-refractivity contribution >= 4 is 0 Å². The van der Waals surface area contributed by atoms with Gasteiger partial charge in [0.15, 0.2) is 0 Å². The predicted molar refractivity (Wildman–Crippen MR) is 31.7 cm³/mol. The molecular weight excluding hydrogens is 119 g/mol. The summed E-state index contributed by atoms with van der Waals surface area (Å²) >= 11 is 0. The molecule has 2 heteroatoms. The molecular formula is C7H11FO. The molecule has 0 heterocycles. The third-order valence-corrected chi connectivity index (χ3v) is 2.73. The quantitative estimate of drug-likeness (QED) is 0.521. The third kappa shape index (κ3) is 0.692. The van der Waals surface area contributed by atoms with Gasteiger partial charge in [0.25, 0.3) is 0 Å². The molecule has 0 aromatic heterocycles. The van der Waals surface area contributed by atoms with E-state index >= 15 is 0 Å². The van der Waals surface area contributed by atoms with Crippen molar-refractivity contribution in [3.63, 3.8) is 0 Å². The molecule has 52 valence electrons. The van der Waals surface area contributed by atoms with E-state index in [4.69, 9.17) is 0 Å². The fourth-order valence-electron chi connectivity index (χ4n) is 2.18. The number of rotatable bonds is 0. The maximum Gasteiger partial charge on any atom is 0.103 e. The zero-order valence-electron chi connectivity index (χ0n) is 5.26. The van der Waals surface area contributed by atoms with Gasteiger partial charge >= 0.3 is 0 Å². The fourth-order valence-corrected chi connectivity index (χ4v) is 2.18. The number of aliphatic hydroxyl groups excluding tert-OH is 1. The molecule has 2 saturated carbocycles. The predicted octanol–water partition coefficient (Wildman–Crippen LogP) is 1.12. The molecule has 0 aromatic rings. The summed E-state index contributed by atoms with van der Waals surface area (Å²) in [5.41, 5.74) is 0. The van der Waals surface area contributed by atoms with Gasteiger partial charge in [-0.15, -0.1) is 0 Å². The summed E-state index contributed by atoms with van der Waals surface area (Å²) in [6, 6.07) is 0. The van der Waals surface area contributed by atoms with Crippen molar-refractivity contribution in [1.82, 2.24) is 0 Å². The summed E-state index contributed by atoms with van der Waals surface area (Å²) in [5, 5.41) is 9.17. The molecule has 2 aliphatic carbocycles. The lowest BCUT2D eigenvalue weighted by molar-refractivity contribution is 0.0825. The summed E-state index contributed by atoms with van der Waals surface area (Å²) in [7, 11) is 0. The Labute approximate surface area is 53.9 Å². The van der Waals surface area contributed by atoms with E-state index in [9.17, 15) is 9.50 Å². The molecule has 0 aromatic carbocycles. The maximum atomic E-state index is 12.7. The minimum Gasteiger partial charge on any atom is -0.393 e. The lowest BCUT2D eigenvalue weighted by atomic mass is 9.96. The first-order valence-electron chi connectivity index (χ1n) is 3.59. The lowest BCUT2D eigenvalue weighted by Crippen LogP contribution is -2.21. The van der Waals surface area contributed by atoms with Gasteiger partial charge in [-0.1, -0.05) is 0 Å². The van der Waals surface area contributed by atoms with Gasteiger partial charge in [-0.3, -0.25) is 0 Å². The Hall–Kier alpha value is -0.110. The normalized spacial score (nSPS) is 56.7. The van der Waals surface area contributed by atoms with Crippen molar-refractivity contribution in [2.24, 2.45) is 11.8 Å². The van der Waals surface area contributed by atoms with Crippen LogP contribution < -0.4 is 0 Å². The number of hydrogen-bond acceptors (Lipinski definition) is 1. The highest BCUT2D eigenvalue weighted by Crippen LogP contribution is 2.45. The van der Waals surface area contributed by atoms with Gasteiger partial charge in [0.05, 0.1) is 6.10 Å². The Morgan fingerprint density at radius 3 is 2.22 bits per heavy atom. The summed E-state index contributed by atoms with van der Waals surface area (Å²) < 4.78 is 12.7. The molecule has 0 radical (unpaired) electrons. The highest BCUT2D eigenvalue weighted by molar-refractivity contribution is 4.95. The number of alkyl halides is 1. The average molecular weight is 130 g/mol.